The van der Waals surface area contributed by atoms with E-state index in [1.54, 1.807) is 55.6 Å². The van der Waals surface area contributed by atoms with Gasteiger partial charge in [-0.1, -0.05) is 6.92 Å². The van der Waals surface area contributed by atoms with Crippen LogP contribution in [-0.2, 0) is 4.79 Å². The van der Waals surface area contributed by atoms with Gasteiger partial charge in [0.25, 0.3) is 5.03 Å². The lowest BCUT2D eigenvalue weighted by molar-refractivity contribution is -0.705. The van der Waals surface area contributed by atoms with Crippen LogP contribution in [0.25, 0.3) is 5.69 Å². The molecule has 0 aliphatic carbocycles. The highest BCUT2D eigenvalue weighted by Crippen LogP contribution is 2.30. The summed E-state index contributed by atoms with van der Waals surface area (Å²) in [6.45, 7) is 4.36. The third-order valence-electron chi connectivity index (χ3n) is 4.24. The standard InChI is InChI=1S/C21H23N3O5S/c1-4-18(19(25)22-14-6-10-17(11-7-14)28-5-2)30-20-21(26)29-23-24(20)15-8-12-16(27-3)13-9-15/h6-13,18H,4-5H2,1-3H3,(H-,22,23,25,26). The maximum absolute atomic E-state index is 12.8. The molecule has 1 amide bonds. The van der Waals surface area contributed by atoms with E-state index in [-0.39, 0.29) is 10.9 Å². The molecular formula is C21H23N3O5S. The fraction of sp³-hybridized carbons (Fsp3) is 0.286. The Morgan fingerprint density at radius 3 is 2.43 bits per heavy atom. The number of carbonyl (C=O) groups is 1. The van der Waals surface area contributed by atoms with Crippen LogP contribution in [0.5, 0.6) is 17.4 Å². The van der Waals surface area contributed by atoms with Gasteiger partial charge < -0.3 is 24.4 Å². The summed E-state index contributed by atoms with van der Waals surface area (Å²) in [4.78, 5) is 12.8. The number of ether oxygens (including phenoxy) is 2. The molecule has 30 heavy (non-hydrogen) atoms. The first-order chi connectivity index (χ1) is 14.5. The molecule has 158 valence electrons. The first kappa shape index (κ1) is 21.5. The van der Waals surface area contributed by atoms with Crippen LogP contribution in [0.1, 0.15) is 20.3 Å². The SMILES string of the molecule is CCOc1ccc(NC(=O)C(CC)Sc2c([O-])on[n+]2-c2ccc(OC)cc2)cc1. The first-order valence-corrected chi connectivity index (χ1v) is 10.4. The van der Waals surface area contributed by atoms with E-state index in [0.29, 0.717) is 30.2 Å². The molecule has 0 spiro atoms. The van der Waals surface area contributed by atoms with Crippen molar-refractivity contribution in [1.29, 1.82) is 0 Å². The smallest absolute Gasteiger partial charge is 0.298 e. The van der Waals surface area contributed by atoms with Crippen LogP contribution in [0.3, 0.4) is 0 Å². The Hall–Kier alpha value is -3.20. The molecule has 0 radical (unpaired) electrons. The molecule has 1 unspecified atom stereocenters. The lowest BCUT2D eigenvalue weighted by Gasteiger charge is -2.13. The summed E-state index contributed by atoms with van der Waals surface area (Å²) < 4.78 is 16.8. The van der Waals surface area contributed by atoms with Crippen LogP contribution in [0.4, 0.5) is 5.69 Å². The number of nitrogens with one attached hydrogen (secondary N) is 1. The fourth-order valence-corrected chi connectivity index (χ4v) is 3.68. The summed E-state index contributed by atoms with van der Waals surface area (Å²) in [5.41, 5.74) is 1.28. The summed E-state index contributed by atoms with van der Waals surface area (Å²) in [6.07, 6.45) is 0.515. The number of anilines is 1. The van der Waals surface area contributed by atoms with E-state index >= 15 is 0 Å². The summed E-state index contributed by atoms with van der Waals surface area (Å²) in [6, 6.07) is 14.2. The van der Waals surface area contributed by atoms with E-state index in [0.717, 1.165) is 17.5 Å². The lowest BCUT2D eigenvalue weighted by Crippen LogP contribution is -2.36. The number of hydrogen-bond donors (Lipinski definition) is 1. The average Bonchev–Trinajstić information content (AvgIpc) is 3.13. The summed E-state index contributed by atoms with van der Waals surface area (Å²) in [5, 5.41) is 18.6. The zero-order chi connectivity index (χ0) is 21.5. The molecule has 0 saturated heterocycles. The van der Waals surface area contributed by atoms with Gasteiger partial charge in [0.2, 0.25) is 11.6 Å². The molecule has 0 bridgehead atoms. The number of rotatable bonds is 9. The van der Waals surface area contributed by atoms with Crippen molar-refractivity contribution in [3.05, 3.63) is 48.5 Å². The number of amides is 1. The van der Waals surface area contributed by atoms with Gasteiger partial charge in [0.1, 0.15) is 11.5 Å². The molecule has 0 saturated carbocycles. The molecule has 1 aromatic heterocycles. The minimum absolute atomic E-state index is 0.214. The Balaban J connectivity index is 1.75. The number of methoxy groups -OCH3 is 1. The van der Waals surface area contributed by atoms with Crippen molar-refractivity contribution in [3.8, 4) is 23.1 Å². The van der Waals surface area contributed by atoms with Gasteiger partial charge in [0.05, 0.1) is 24.2 Å². The van der Waals surface area contributed by atoms with Gasteiger partial charge in [-0.25, -0.2) is 0 Å². The topological polar surface area (TPSA) is 101 Å². The zero-order valence-corrected chi connectivity index (χ0v) is 17.8. The molecule has 9 heteroatoms. The van der Waals surface area contributed by atoms with Gasteiger partial charge in [0, 0.05) is 17.8 Å². The second-order valence-electron chi connectivity index (χ2n) is 6.24. The van der Waals surface area contributed by atoms with Crippen molar-refractivity contribution in [2.24, 2.45) is 0 Å². The number of thioether (sulfide) groups is 1. The Kier molecular flexibility index (Phi) is 7.18. The monoisotopic (exact) mass is 429 g/mol. The summed E-state index contributed by atoms with van der Waals surface area (Å²) >= 11 is 1.12. The van der Waals surface area contributed by atoms with Crippen molar-refractivity contribution >= 4 is 23.4 Å². The second-order valence-corrected chi connectivity index (χ2v) is 7.43. The van der Waals surface area contributed by atoms with Crippen LogP contribution < -0.4 is 24.6 Å². The summed E-state index contributed by atoms with van der Waals surface area (Å²) in [5.74, 6) is 0.607. The number of benzene rings is 2. The van der Waals surface area contributed by atoms with Crippen LogP contribution in [-0.4, -0.2) is 30.1 Å². The highest BCUT2D eigenvalue weighted by Gasteiger charge is 2.28. The fourth-order valence-electron chi connectivity index (χ4n) is 2.71. The molecule has 1 heterocycles. The minimum atomic E-state index is -0.594. The molecular weight excluding hydrogens is 406 g/mol. The van der Waals surface area contributed by atoms with E-state index in [9.17, 15) is 9.90 Å². The molecule has 0 fully saturated rings. The molecule has 3 aromatic rings. The minimum Gasteiger partial charge on any atom is -0.538 e. The van der Waals surface area contributed by atoms with Crippen molar-refractivity contribution in [1.82, 2.24) is 5.27 Å². The molecule has 1 atom stereocenters. The van der Waals surface area contributed by atoms with E-state index in [4.69, 9.17) is 14.0 Å². The number of hydrogen-bond acceptors (Lipinski definition) is 7. The van der Waals surface area contributed by atoms with E-state index < -0.39 is 11.2 Å². The van der Waals surface area contributed by atoms with Crippen LogP contribution in [0.15, 0.2) is 58.1 Å². The Bertz CT molecular complexity index is 973. The largest absolute Gasteiger partial charge is 0.538 e. The third kappa shape index (κ3) is 5.04. The van der Waals surface area contributed by atoms with Gasteiger partial charge in [-0.05, 0) is 66.2 Å². The molecule has 8 nitrogen and oxygen atoms in total. The number of aromatic nitrogens is 2. The third-order valence-corrected chi connectivity index (χ3v) is 5.63. The van der Waals surface area contributed by atoms with Gasteiger partial charge >= 0.3 is 0 Å². The number of nitrogens with zero attached hydrogens (tertiary/aromatic N) is 2. The highest BCUT2D eigenvalue weighted by molar-refractivity contribution is 8.00. The van der Waals surface area contributed by atoms with Crippen LogP contribution in [0.2, 0.25) is 0 Å². The first-order valence-electron chi connectivity index (χ1n) is 9.49. The predicted molar refractivity (Wildman–Crippen MR) is 110 cm³/mol. The highest BCUT2D eigenvalue weighted by atomic mass is 32.2. The number of carbonyl (C=O) groups excluding carboxylic acids is 1. The maximum Gasteiger partial charge on any atom is 0.298 e. The van der Waals surface area contributed by atoms with Gasteiger partial charge in [0.15, 0.2) is 5.95 Å². The molecule has 3 rings (SSSR count). The van der Waals surface area contributed by atoms with E-state index in [1.807, 2.05) is 13.8 Å². The molecule has 2 aromatic carbocycles. The van der Waals surface area contributed by atoms with E-state index in [1.165, 1.54) is 4.68 Å². The Labute approximate surface area is 178 Å². The molecule has 0 aliphatic heterocycles. The van der Waals surface area contributed by atoms with Gasteiger partial charge in [-0.15, -0.1) is 0 Å². The second kappa shape index (κ2) is 10.0. The van der Waals surface area contributed by atoms with E-state index in [2.05, 4.69) is 10.6 Å². The van der Waals surface area contributed by atoms with Crippen molar-refractivity contribution in [2.45, 2.75) is 30.5 Å². The average molecular weight is 429 g/mol. The van der Waals surface area contributed by atoms with Crippen LogP contribution in [0, 0.1) is 0 Å². The van der Waals surface area contributed by atoms with Crippen molar-refractivity contribution in [3.63, 3.8) is 0 Å². The van der Waals surface area contributed by atoms with Gasteiger partial charge in [-0.2, -0.15) is 0 Å². The van der Waals surface area contributed by atoms with Gasteiger partial charge in [-0.3, -0.25) is 4.79 Å². The molecule has 1 N–H and O–H groups in total. The quantitative estimate of drug-likeness (QED) is 0.412. The molecule has 0 aliphatic rings. The lowest BCUT2D eigenvalue weighted by atomic mass is 10.2. The predicted octanol–water partition coefficient (Wildman–Crippen LogP) is 2.94. The van der Waals surface area contributed by atoms with Crippen molar-refractivity contribution in [2.75, 3.05) is 19.0 Å². The Morgan fingerprint density at radius 2 is 1.83 bits per heavy atom. The Morgan fingerprint density at radius 1 is 1.17 bits per heavy atom. The maximum atomic E-state index is 12.8. The normalized spacial score (nSPS) is 11.7. The van der Waals surface area contributed by atoms with Crippen LogP contribution >= 0.6 is 11.8 Å². The van der Waals surface area contributed by atoms with Crippen molar-refractivity contribution < 1.29 is 28.6 Å². The zero-order valence-electron chi connectivity index (χ0n) is 17.0. The summed E-state index contributed by atoms with van der Waals surface area (Å²) in [7, 11) is 1.57.